The second-order valence-corrected chi connectivity index (χ2v) is 9.70. The van der Waals surface area contributed by atoms with E-state index in [2.05, 4.69) is 16.0 Å². The second-order valence-electron chi connectivity index (χ2n) is 6.87. The van der Waals surface area contributed by atoms with Gasteiger partial charge in [-0.2, -0.15) is 0 Å². The molecular formula is C22H19Cl2N3O5S. The van der Waals surface area contributed by atoms with Gasteiger partial charge in [-0.25, -0.2) is 13.2 Å². The van der Waals surface area contributed by atoms with E-state index in [1.54, 1.807) is 37.4 Å². The van der Waals surface area contributed by atoms with Gasteiger partial charge in [0.05, 0.1) is 33.3 Å². The SMILES string of the molecule is COc1ccc(NC(=O)Nc2cc(NC(=O)c3ccc(S(C)(=O)=O)cc3Cl)ccc2Cl)cc1. The van der Waals surface area contributed by atoms with Crippen LogP contribution < -0.4 is 20.7 Å². The van der Waals surface area contributed by atoms with Crippen LogP contribution in [0.15, 0.2) is 65.6 Å². The fourth-order valence-corrected chi connectivity index (χ4v) is 3.91. The number of benzene rings is 3. The second kappa shape index (κ2) is 10.1. The molecule has 0 atom stereocenters. The first kappa shape index (κ1) is 24.4. The topological polar surface area (TPSA) is 114 Å². The van der Waals surface area contributed by atoms with E-state index in [9.17, 15) is 18.0 Å². The maximum absolute atomic E-state index is 12.6. The van der Waals surface area contributed by atoms with Gasteiger partial charge in [-0.1, -0.05) is 23.2 Å². The smallest absolute Gasteiger partial charge is 0.323 e. The Kier molecular flexibility index (Phi) is 7.47. The highest BCUT2D eigenvalue weighted by atomic mass is 35.5. The Morgan fingerprint density at radius 1 is 0.818 bits per heavy atom. The summed E-state index contributed by atoms with van der Waals surface area (Å²) < 4.78 is 28.4. The maximum Gasteiger partial charge on any atom is 0.323 e. The molecular weight excluding hydrogens is 489 g/mol. The average Bonchev–Trinajstić information content (AvgIpc) is 2.75. The molecule has 0 heterocycles. The summed E-state index contributed by atoms with van der Waals surface area (Å²) in [6.45, 7) is 0. The molecule has 0 unspecified atom stereocenters. The van der Waals surface area contributed by atoms with Gasteiger partial charge in [0.15, 0.2) is 9.84 Å². The molecule has 0 fully saturated rings. The number of sulfone groups is 1. The molecule has 8 nitrogen and oxygen atoms in total. The van der Waals surface area contributed by atoms with Crippen molar-refractivity contribution in [3.05, 3.63) is 76.3 Å². The molecule has 0 radical (unpaired) electrons. The Morgan fingerprint density at radius 2 is 1.48 bits per heavy atom. The minimum absolute atomic E-state index is 0.00454. The van der Waals surface area contributed by atoms with Gasteiger partial charge in [-0.3, -0.25) is 4.79 Å². The summed E-state index contributed by atoms with van der Waals surface area (Å²) in [5, 5.41) is 8.17. The largest absolute Gasteiger partial charge is 0.497 e. The highest BCUT2D eigenvalue weighted by Crippen LogP contribution is 2.27. The Balaban J connectivity index is 1.71. The lowest BCUT2D eigenvalue weighted by atomic mass is 10.2. The summed E-state index contributed by atoms with van der Waals surface area (Å²) in [6.07, 6.45) is 1.05. The van der Waals surface area contributed by atoms with Crippen molar-refractivity contribution >= 4 is 62.0 Å². The van der Waals surface area contributed by atoms with Crippen LogP contribution in [0.4, 0.5) is 21.9 Å². The Morgan fingerprint density at radius 3 is 2.09 bits per heavy atom. The van der Waals surface area contributed by atoms with Gasteiger partial charge in [0.25, 0.3) is 5.91 Å². The average molecular weight is 508 g/mol. The van der Waals surface area contributed by atoms with Crippen LogP contribution in [0.1, 0.15) is 10.4 Å². The molecule has 3 amide bonds. The van der Waals surface area contributed by atoms with Crippen molar-refractivity contribution in [2.24, 2.45) is 0 Å². The first-order chi connectivity index (χ1) is 15.6. The number of anilines is 3. The zero-order valence-electron chi connectivity index (χ0n) is 17.5. The van der Waals surface area contributed by atoms with Crippen LogP contribution in [0.25, 0.3) is 0 Å². The molecule has 0 aromatic heterocycles. The lowest BCUT2D eigenvalue weighted by Gasteiger charge is -2.12. The highest BCUT2D eigenvalue weighted by molar-refractivity contribution is 7.90. The zero-order valence-corrected chi connectivity index (χ0v) is 19.8. The number of carbonyl (C=O) groups is 2. The third-order valence-corrected chi connectivity index (χ3v) is 6.19. The van der Waals surface area contributed by atoms with Crippen molar-refractivity contribution in [1.82, 2.24) is 0 Å². The number of rotatable bonds is 6. The highest BCUT2D eigenvalue weighted by Gasteiger charge is 2.16. The van der Waals surface area contributed by atoms with Gasteiger partial charge in [0.1, 0.15) is 5.75 Å². The first-order valence-electron chi connectivity index (χ1n) is 9.39. The molecule has 172 valence electrons. The molecule has 3 aromatic carbocycles. The number of urea groups is 1. The predicted octanol–water partition coefficient (Wildman–Crippen LogP) is 5.30. The number of hydrogen-bond donors (Lipinski definition) is 3. The van der Waals surface area contributed by atoms with Crippen molar-refractivity contribution < 1.29 is 22.7 Å². The number of amides is 3. The molecule has 33 heavy (non-hydrogen) atoms. The molecule has 0 saturated carbocycles. The molecule has 0 bridgehead atoms. The van der Waals surface area contributed by atoms with Crippen LogP contribution in [-0.4, -0.2) is 33.7 Å². The van der Waals surface area contributed by atoms with E-state index in [1.165, 1.54) is 30.3 Å². The van der Waals surface area contributed by atoms with Gasteiger partial charge in [0.2, 0.25) is 0 Å². The van der Waals surface area contributed by atoms with Crippen LogP contribution in [0.2, 0.25) is 10.0 Å². The van der Waals surface area contributed by atoms with E-state index < -0.39 is 21.8 Å². The summed E-state index contributed by atoms with van der Waals surface area (Å²) in [5.74, 6) is 0.0921. The monoisotopic (exact) mass is 507 g/mol. The molecule has 3 N–H and O–H groups in total. The minimum Gasteiger partial charge on any atom is -0.497 e. The normalized spacial score (nSPS) is 10.9. The van der Waals surface area contributed by atoms with Crippen molar-refractivity contribution in [2.75, 3.05) is 29.3 Å². The molecule has 3 aromatic rings. The third-order valence-electron chi connectivity index (χ3n) is 4.43. The number of halogens is 2. The quantitative estimate of drug-likeness (QED) is 0.418. The van der Waals surface area contributed by atoms with Crippen molar-refractivity contribution in [1.29, 1.82) is 0 Å². The summed E-state index contributed by atoms with van der Waals surface area (Å²) in [4.78, 5) is 25.0. The van der Waals surface area contributed by atoms with E-state index in [0.717, 1.165) is 6.26 Å². The van der Waals surface area contributed by atoms with Gasteiger partial charge in [-0.15, -0.1) is 0 Å². The van der Waals surface area contributed by atoms with E-state index in [-0.39, 0.29) is 26.2 Å². The third kappa shape index (κ3) is 6.38. The lowest BCUT2D eigenvalue weighted by molar-refractivity contribution is 0.102. The molecule has 0 aliphatic rings. The molecule has 0 aliphatic carbocycles. The van der Waals surface area contributed by atoms with Crippen molar-refractivity contribution in [3.63, 3.8) is 0 Å². The Bertz CT molecular complexity index is 1310. The molecule has 11 heteroatoms. The molecule has 0 spiro atoms. The maximum atomic E-state index is 12.6. The number of methoxy groups -OCH3 is 1. The number of nitrogens with one attached hydrogen (secondary N) is 3. The van der Waals surface area contributed by atoms with Crippen LogP contribution in [0, 0.1) is 0 Å². The van der Waals surface area contributed by atoms with Crippen LogP contribution in [-0.2, 0) is 9.84 Å². The lowest BCUT2D eigenvalue weighted by Crippen LogP contribution is -2.20. The minimum atomic E-state index is -3.46. The number of hydrogen-bond acceptors (Lipinski definition) is 5. The van der Waals surface area contributed by atoms with E-state index >= 15 is 0 Å². The van der Waals surface area contributed by atoms with Gasteiger partial charge in [-0.05, 0) is 60.7 Å². The summed E-state index contributed by atoms with van der Waals surface area (Å²) in [7, 11) is -1.91. The summed E-state index contributed by atoms with van der Waals surface area (Å²) in [5.41, 5.74) is 1.23. The van der Waals surface area contributed by atoms with E-state index in [0.29, 0.717) is 17.1 Å². The Hall–Kier alpha value is -3.27. The molecule has 0 saturated heterocycles. The van der Waals surface area contributed by atoms with Gasteiger partial charge >= 0.3 is 6.03 Å². The van der Waals surface area contributed by atoms with Crippen molar-refractivity contribution in [3.8, 4) is 5.75 Å². The van der Waals surface area contributed by atoms with Gasteiger partial charge < -0.3 is 20.7 Å². The van der Waals surface area contributed by atoms with Gasteiger partial charge in [0, 0.05) is 17.6 Å². The fourth-order valence-electron chi connectivity index (χ4n) is 2.77. The fraction of sp³-hybridized carbons (Fsp3) is 0.0909. The van der Waals surface area contributed by atoms with Crippen LogP contribution in [0.5, 0.6) is 5.75 Å². The molecule has 3 rings (SSSR count). The number of carbonyl (C=O) groups excluding carboxylic acids is 2. The molecule has 0 aliphatic heterocycles. The summed E-state index contributed by atoms with van der Waals surface area (Å²) >= 11 is 12.3. The van der Waals surface area contributed by atoms with Crippen LogP contribution >= 0.6 is 23.2 Å². The standard InChI is InChI=1S/C22H19Cl2N3O5S/c1-32-15-6-3-13(4-7-15)26-22(29)27-20-11-14(5-10-18(20)23)25-21(28)17-9-8-16(12-19(17)24)33(2,30)31/h3-12H,1-2H3,(H,25,28)(H2,26,27,29). The first-order valence-corrected chi connectivity index (χ1v) is 12.0. The zero-order chi connectivity index (χ0) is 24.2. The van der Waals surface area contributed by atoms with E-state index in [4.69, 9.17) is 27.9 Å². The van der Waals surface area contributed by atoms with Crippen LogP contribution in [0.3, 0.4) is 0 Å². The predicted molar refractivity (Wildman–Crippen MR) is 130 cm³/mol. The van der Waals surface area contributed by atoms with E-state index in [1.807, 2.05) is 0 Å². The number of ether oxygens (including phenoxy) is 1. The Labute approximate surface area is 200 Å². The van der Waals surface area contributed by atoms with Crippen molar-refractivity contribution in [2.45, 2.75) is 4.90 Å². The summed E-state index contributed by atoms with van der Waals surface area (Å²) in [6, 6.07) is 14.6.